The molecule has 0 aromatic carbocycles. The summed E-state index contributed by atoms with van der Waals surface area (Å²) < 4.78 is 4.88. The maximum Gasteiger partial charge on any atom is 0.306 e. The van der Waals surface area contributed by atoms with Crippen molar-refractivity contribution in [2.45, 2.75) is 0 Å². The number of nitrogens with two attached hydrogens (primary N) is 2. The van der Waals surface area contributed by atoms with Gasteiger partial charge in [0.25, 0.3) is 0 Å². The maximum atomic E-state index is 5.38. The summed E-state index contributed by atoms with van der Waals surface area (Å²) in [4.78, 5) is 0. The van der Waals surface area contributed by atoms with E-state index >= 15 is 0 Å². The van der Waals surface area contributed by atoms with Crippen molar-refractivity contribution in [3.05, 3.63) is 0 Å². The largest absolute Gasteiger partial charge is 0.441 e. The van der Waals surface area contributed by atoms with Crippen LogP contribution in [0.3, 0.4) is 0 Å². The van der Waals surface area contributed by atoms with Crippen LogP contribution in [0.4, 0.5) is 10.3 Å². The highest BCUT2D eigenvalue weighted by Gasteiger charge is 2.17. The fraction of sp³-hybridized carbons (Fsp3) is 0.250. The Labute approximate surface area is 71.6 Å². The number of hydrazone groups is 1. The molecule has 1 aliphatic heterocycles. The molecular weight excluding hydrogens is 180 g/mol. The molecular formula is C4H6N6OS. The van der Waals surface area contributed by atoms with Crippen LogP contribution in [-0.2, 0) is 4.74 Å². The SMILES string of the molecule is NC1=NN(c2nnc(N)s2)CO1. The molecule has 0 radical (unpaired) electrons. The standard InChI is InChI=1S/C4H6N6OS/c5-2-9-10(1-11-2)4-8-7-3(6)12-4/h1H2,(H2,5,9)(H2,6,7). The van der Waals surface area contributed by atoms with Gasteiger partial charge in [-0.05, 0) is 0 Å². The third-order valence-electron chi connectivity index (χ3n) is 1.20. The number of anilines is 2. The average Bonchev–Trinajstić information content (AvgIpc) is 2.58. The van der Waals surface area contributed by atoms with Gasteiger partial charge in [0.05, 0.1) is 0 Å². The fourth-order valence-corrected chi connectivity index (χ4v) is 1.28. The van der Waals surface area contributed by atoms with Crippen molar-refractivity contribution >= 4 is 27.6 Å². The van der Waals surface area contributed by atoms with Gasteiger partial charge < -0.3 is 16.2 Å². The van der Waals surface area contributed by atoms with E-state index in [0.29, 0.717) is 10.3 Å². The molecule has 0 unspecified atom stereocenters. The first-order chi connectivity index (χ1) is 5.75. The minimum atomic E-state index is 0.128. The molecule has 0 bridgehead atoms. The normalized spacial score (nSPS) is 16.0. The number of nitrogens with zero attached hydrogens (tertiary/aromatic N) is 4. The molecule has 4 N–H and O–H groups in total. The van der Waals surface area contributed by atoms with Crippen LogP contribution in [0, 0.1) is 0 Å². The highest BCUT2D eigenvalue weighted by molar-refractivity contribution is 7.18. The molecule has 64 valence electrons. The van der Waals surface area contributed by atoms with E-state index in [1.54, 1.807) is 0 Å². The highest BCUT2D eigenvalue weighted by atomic mass is 32.1. The van der Waals surface area contributed by atoms with Gasteiger partial charge in [-0.15, -0.1) is 15.3 Å². The number of rotatable bonds is 1. The zero-order valence-electron chi connectivity index (χ0n) is 5.97. The summed E-state index contributed by atoms with van der Waals surface area (Å²) in [6, 6.07) is 0.128. The van der Waals surface area contributed by atoms with Gasteiger partial charge in [0, 0.05) is 0 Å². The number of aromatic nitrogens is 2. The first-order valence-corrected chi connectivity index (χ1v) is 3.91. The van der Waals surface area contributed by atoms with Gasteiger partial charge in [-0.2, -0.15) is 5.01 Å². The van der Waals surface area contributed by atoms with Crippen LogP contribution in [0.25, 0.3) is 0 Å². The Morgan fingerprint density at radius 1 is 1.42 bits per heavy atom. The Hall–Kier alpha value is -1.57. The number of hydrogen-bond acceptors (Lipinski definition) is 8. The molecule has 0 fully saturated rings. The lowest BCUT2D eigenvalue weighted by atomic mass is 11.0. The van der Waals surface area contributed by atoms with Gasteiger partial charge in [0.15, 0.2) is 6.73 Å². The topological polar surface area (TPSA) is 103 Å². The van der Waals surface area contributed by atoms with Gasteiger partial charge in [0.2, 0.25) is 10.3 Å². The van der Waals surface area contributed by atoms with E-state index < -0.39 is 0 Å². The van der Waals surface area contributed by atoms with Crippen LogP contribution >= 0.6 is 11.3 Å². The first-order valence-electron chi connectivity index (χ1n) is 3.09. The van der Waals surface area contributed by atoms with Crippen molar-refractivity contribution in [3.8, 4) is 0 Å². The summed E-state index contributed by atoms with van der Waals surface area (Å²) in [6.45, 7) is 0.264. The van der Waals surface area contributed by atoms with Gasteiger partial charge in [-0.3, -0.25) is 0 Å². The summed E-state index contributed by atoms with van der Waals surface area (Å²) in [5, 5.41) is 13.7. The third kappa shape index (κ3) is 1.11. The van der Waals surface area contributed by atoms with Crippen molar-refractivity contribution in [2.75, 3.05) is 17.5 Å². The predicted molar refractivity (Wildman–Crippen MR) is 44.4 cm³/mol. The second-order valence-electron chi connectivity index (χ2n) is 2.03. The number of amidine groups is 1. The molecule has 7 nitrogen and oxygen atoms in total. The van der Waals surface area contributed by atoms with Gasteiger partial charge in [0.1, 0.15) is 0 Å². The Morgan fingerprint density at radius 3 is 2.75 bits per heavy atom. The fourth-order valence-electron chi connectivity index (χ4n) is 0.733. The molecule has 0 aliphatic carbocycles. The minimum absolute atomic E-state index is 0.128. The maximum absolute atomic E-state index is 5.38. The van der Waals surface area contributed by atoms with E-state index in [2.05, 4.69) is 15.3 Å². The minimum Gasteiger partial charge on any atom is -0.441 e. The van der Waals surface area contributed by atoms with Crippen molar-refractivity contribution in [1.29, 1.82) is 0 Å². The second kappa shape index (κ2) is 2.48. The summed E-state index contributed by atoms with van der Waals surface area (Å²) in [6.07, 6.45) is 0. The van der Waals surface area contributed by atoms with Crippen LogP contribution in [0.5, 0.6) is 0 Å². The van der Waals surface area contributed by atoms with Crippen LogP contribution in [0.2, 0.25) is 0 Å². The summed E-state index contributed by atoms with van der Waals surface area (Å²) in [5.41, 5.74) is 10.7. The molecule has 1 aliphatic rings. The van der Waals surface area contributed by atoms with E-state index in [9.17, 15) is 0 Å². The van der Waals surface area contributed by atoms with Crippen molar-refractivity contribution < 1.29 is 4.74 Å². The van der Waals surface area contributed by atoms with Gasteiger partial charge in [-0.25, -0.2) is 0 Å². The Morgan fingerprint density at radius 2 is 2.25 bits per heavy atom. The van der Waals surface area contributed by atoms with Crippen LogP contribution in [0.1, 0.15) is 0 Å². The first kappa shape index (κ1) is 7.10. The molecule has 12 heavy (non-hydrogen) atoms. The van der Waals surface area contributed by atoms with Crippen molar-refractivity contribution in [1.82, 2.24) is 10.2 Å². The Kier molecular flexibility index (Phi) is 1.47. The zero-order valence-corrected chi connectivity index (χ0v) is 6.78. The predicted octanol–water partition coefficient (Wildman–Crippen LogP) is -0.856. The Bertz CT molecular complexity index is 321. The van der Waals surface area contributed by atoms with E-state index in [1.807, 2.05) is 0 Å². The van der Waals surface area contributed by atoms with E-state index in [-0.39, 0.29) is 12.8 Å². The molecule has 0 spiro atoms. The summed E-state index contributed by atoms with van der Waals surface area (Å²) >= 11 is 1.23. The average molecular weight is 186 g/mol. The van der Waals surface area contributed by atoms with Crippen molar-refractivity contribution in [3.63, 3.8) is 0 Å². The molecule has 2 heterocycles. The van der Waals surface area contributed by atoms with Crippen LogP contribution < -0.4 is 16.5 Å². The number of hydrogen-bond donors (Lipinski definition) is 2. The monoisotopic (exact) mass is 186 g/mol. The third-order valence-corrected chi connectivity index (χ3v) is 1.97. The summed E-state index contributed by atoms with van der Waals surface area (Å²) in [7, 11) is 0. The van der Waals surface area contributed by atoms with Gasteiger partial charge in [-0.1, -0.05) is 11.3 Å². The van der Waals surface area contributed by atoms with Crippen LogP contribution in [-0.4, -0.2) is 22.9 Å². The molecule has 0 saturated heterocycles. The van der Waals surface area contributed by atoms with Crippen LogP contribution in [0.15, 0.2) is 5.10 Å². The molecule has 8 heteroatoms. The lowest BCUT2D eigenvalue weighted by molar-refractivity contribution is 0.332. The second-order valence-corrected chi connectivity index (χ2v) is 3.02. The molecule has 1 aromatic heterocycles. The lowest BCUT2D eigenvalue weighted by Gasteiger charge is -2.03. The molecule has 1 aromatic rings. The van der Waals surface area contributed by atoms with Crippen molar-refractivity contribution in [2.24, 2.45) is 10.8 Å². The van der Waals surface area contributed by atoms with Gasteiger partial charge >= 0.3 is 6.02 Å². The smallest absolute Gasteiger partial charge is 0.306 e. The molecule has 0 amide bonds. The Balaban J connectivity index is 2.21. The van der Waals surface area contributed by atoms with E-state index in [0.717, 1.165) is 0 Å². The van der Waals surface area contributed by atoms with E-state index in [4.69, 9.17) is 16.2 Å². The number of nitrogen functional groups attached to an aromatic ring is 1. The highest BCUT2D eigenvalue weighted by Crippen LogP contribution is 2.23. The lowest BCUT2D eigenvalue weighted by Crippen LogP contribution is -2.12. The zero-order chi connectivity index (χ0) is 8.55. The molecule has 0 saturated carbocycles. The molecule has 0 atom stereocenters. The summed E-state index contributed by atoms with van der Waals surface area (Å²) in [5.74, 6) is 0. The quantitative estimate of drug-likeness (QED) is 0.591. The number of ether oxygens (including phenoxy) is 1. The van der Waals surface area contributed by atoms with E-state index in [1.165, 1.54) is 16.3 Å². The molecule has 2 rings (SSSR count).